The Kier molecular flexibility index (Phi) is 5.53. The number of hydrogen-bond donors (Lipinski definition) is 0. The third-order valence-electron chi connectivity index (χ3n) is 3.04. The topological polar surface area (TPSA) is 20.3 Å². The van der Waals surface area contributed by atoms with Crippen LogP contribution in [0.25, 0.3) is 0 Å². The molecule has 14 heavy (non-hydrogen) atoms. The van der Waals surface area contributed by atoms with Gasteiger partial charge >= 0.3 is 0 Å². The van der Waals surface area contributed by atoms with E-state index in [1.165, 1.54) is 25.7 Å². The largest absolute Gasteiger partial charge is 0.343 e. The Balaban J connectivity index is 2.21. The van der Waals surface area contributed by atoms with E-state index in [0.29, 0.717) is 11.9 Å². The van der Waals surface area contributed by atoms with Crippen LogP contribution in [-0.2, 0) is 4.79 Å². The molecule has 1 fully saturated rings. The summed E-state index contributed by atoms with van der Waals surface area (Å²) in [5.41, 5.74) is 0. The zero-order chi connectivity index (χ0) is 10.4. The van der Waals surface area contributed by atoms with Crippen LogP contribution in [0.5, 0.6) is 0 Å². The molecule has 1 aliphatic rings. The van der Waals surface area contributed by atoms with Gasteiger partial charge in [-0.1, -0.05) is 28.8 Å². The Hall–Kier alpha value is -0.0500. The molecule has 0 bridgehead atoms. The van der Waals surface area contributed by atoms with E-state index in [4.69, 9.17) is 0 Å². The summed E-state index contributed by atoms with van der Waals surface area (Å²) in [5.74, 6) is 0.331. The first-order chi connectivity index (χ1) is 6.75. The fourth-order valence-electron chi connectivity index (χ4n) is 2.04. The highest BCUT2D eigenvalue weighted by Gasteiger charge is 2.22. The molecule has 0 saturated heterocycles. The number of halogens is 1. The van der Waals surface area contributed by atoms with Gasteiger partial charge in [-0.3, -0.25) is 4.79 Å². The normalized spacial score (nSPS) is 17.3. The van der Waals surface area contributed by atoms with Gasteiger partial charge in [0.2, 0.25) is 5.91 Å². The molecule has 0 aromatic rings. The van der Waals surface area contributed by atoms with E-state index in [9.17, 15) is 4.79 Å². The standard InChI is InChI=1S/C11H20BrNO/c1-13(10-6-2-3-7-10)11(14)8-4-5-9-12/h10H,2-9H2,1H3. The summed E-state index contributed by atoms with van der Waals surface area (Å²) < 4.78 is 0. The molecule has 0 spiro atoms. The second kappa shape index (κ2) is 6.44. The van der Waals surface area contributed by atoms with E-state index in [2.05, 4.69) is 15.9 Å². The van der Waals surface area contributed by atoms with Crippen LogP contribution in [-0.4, -0.2) is 29.2 Å². The number of alkyl halides is 1. The molecule has 0 radical (unpaired) electrons. The van der Waals surface area contributed by atoms with Crippen molar-refractivity contribution in [3.05, 3.63) is 0 Å². The lowest BCUT2D eigenvalue weighted by molar-refractivity contribution is -0.131. The van der Waals surface area contributed by atoms with E-state index in [1.807, 2.05) is 11.9 Å². The van der Waals surface area contributed by atoms with Crippen LogP contribution in [0.1, 0.15) is 44.9 Å². The highest BCUT2D eigenvalue weighted by molar-refractivity contribution is 9.09. The van der Waals surface area contributed by atoms with Crippen LogP contribution in [0.15, 0.2) is 0 Å². The van der Waals surface area contributed by atoms with Crippen molar-refractivity contribution in [1.29, 1.82) is 0 Å². The minimum Gasteiger partial charge on any atom is -0.343 e. The number of unbranched alkanes of at least 4 members (excludes halogenated alkanes) is 1. The number of hydrogen-bond acceptors (Lipinski definition) is 1. The molecular weight excluding hydrogens is 242 g/mol. The molecule has 2 nitrogen and oxygen atoms in total. The molecule has 0 unspecified atom stereocenters. The van der Waals surface area contributed by atoms with Crippen molar-refractivity contribution in [3.8, 4) is 0 Å². The van der Waals surface area contributed by atoms with Gasteiger partial charge in [-0.25, -0.2) is 0 Å². The van der Waals surface area contributed by atoms with Crippen LogP contribution in [0.3, 0.4) is 0 Å². The fraction of sp³-hybridized carbons (Fsp3) is 0.909. The maximum absolute atomic E-state index is 11.7. The van der Waals surface area contributed by atoms with Gasteiger partial charge in [-0.2, -0.15) is 0 Å². The Morgan fingerprint density at radius 3 is 2.57 bits per heavy atom. The molecule has 1 amide bonds. The number of carbonyl (C=O) groups excluding carboxylic acids is 1. The van der Waals surface area contributed by atoms with Crippen LogP contribution in [0.2, 0.25) is 0 Å². The van der Waals surface area contributed by atoms with E-state index in [-0.39, 0.29) is 0 Å². The molecule has 0 atom stereocenters. The van der Waals surface area contributed by atoms with E-state index in [0.717, 1.165) is 24.6 Å². The van der Waals surface area contributed by atoms with Gasteiger partial charge in [0, 0.05) is 24.8 Å². The average Bonchev–Trinajstić information content (AvgIpc) is 2.69. The molecule has 3 heteroatoms. The third-order valence-corrected chi connectivity index (χ3v) is 3.60. The third kappa shape index (κ3) is 3.60. The lowest BCUT2D eigenvalue weighted by atomic mass is 10.2. The zero-order valence-corrected chi connectivity index (χ0v) is 10.6. The Labute approximate surface area is 95.2 Å². The van der Waals surface area contributed by atoms with Crippen molar-refractivity contribution >= 4 is 21.8 Å². The molecule has 0 heterocycles. The van der Waals surface area contributed by atoms with Gasteiger partial charge in [0.1, 0.15) is 0 Å². The van der Waals surface area contributed by atoms with Crippen LogP contribution < -0.4 is 0 Å². The highest BCUT2D eigenvalue weighted by atomic mass is 79.9. The summed E-state index contributed by atoms with van der Waals surface area (Å²) in [7, 11) is 1.96. The number of nitrogens with zero attached hydrogens (tertiary/aromatic N) is 1. The molecule has 0 aromatic heterocycles. The van der Waals surface area contributed by atoms with Gasteiger partial charge in [-0.15, -0.1) is 0 Å². The predicted molar refractivity (Wildman–Crippen MR) is 62.7 cm³/mol. The summed E-state index contributed by atoms with van der Waals surface area (Å²) in [6, 6.07) is 0.534. The molecule has 1 saturated carbocycles. The van der Waals surface area contributed by atoms with Gasteiger partial charge in [0.05, 0.1) is 0 Å². The van der Waals surface area contributed by atoms with Crippen LogP contribution >= 0.6 is 15.9 Å². The second-order valence-corrected chi connectivity index (χ2v) is 4.88. The van der Waals surface area contributed by atoms with Gasteiger partial charge in [0.25, 0.3) is 0 Å². The maximum atomic E-state index is 11.7. The highest BCUT2D eigenvalue weighted by Crippen LogP contribution is 2.23. The first kappa shape index (κ1) is 12.0. The molecule has 82 valence electrons. The summed E-state index contributed by atoms with van der Waals surface area (Å²) in [5, 5.41) is 1.01. The van der Waals surface area contributed by atoms with Crippen molar-refractivity contribution in [2.75, 3.05) is 12.4 Å². The lowest BCUT2D eigenvalue weighted by Crippen LogP contribution is -2.34. The second-order valence-electron chi connectivity index (χ2n) is 4.09. The van der Waals surface area contributed by atoms with E-state index < -0.39 is 0 Å². The van der Waals surface area contributed by atoms with E-state index in [1.54, 1.807) is 0 Å². The maximum Gasteiger partial charge on any atom is 0.222 e. The molecule has 1 rings (SSSR count). The van der Waals surface area contributed by atoms with Gasteiger partial charge in [0.15, 0.2) is 0 Å². The molecule has 0 aliphatic heterocycles. The predicted octanol–water partition coefficient (Wildman–Crippen LogP) is 2.95. The SMILES string of the molecule is CN(C(=O)CCCCBr)C1CCCC1. The van der Waals surface area contributed by atoms with E-state index >= 15 is 0 Å². The summed E-state index contributed by atoms with van der Waals surface area (Å²) in [4.78, 5) is 13.7. The Bertz CT molecular complexity index is 178. The minimum atomic E-state index is 0.331. The molecular formula is C11H20BrNO. The molecule has 0 N–H and O–H groups in total. The molecule has 0 aromatic carbocycles. The van der Waals surface area contributed by atoms with Crippen molar-refractivity contribution in [2.24, 2.45) is 0 Å². The summed E-state index contributed by atoms with van der Waals surface area (Å²) >= 11 is 3.38. The minimum absolute atomic E-state index is 0.331. The van der Waals surface area contributed by atoms with Crippen molar-refractivity contribution in [1.82, 2.24) is 4.90 Å². The lowest BCUT2D eigenvalue weighted by Gasteiger charge is -2.24. The van der Waals surface area contributed by atoms with Gasteiger partial charge < -0.3 is 4.90 Å². The van der Waals surface area contributed by atoms with Crippen molar-refractivity contribution in [3.63, 3.8) is 0 Å². The quantitative estimate of drug-likeness (QED) is 0.551. The fourth-order valence-corrected chi connectivity index (χ4v) is 2.44. The Morgan fingerprint density at radius 2 is 2.00 bits per heavy atom. The first-order valence-electron chi connectivity index (χ1n) is 5.57. The average molecular weight is 262 g/mol. The zero-order valence-electron chi connectivity index (χ0n) is 8.97. The van der Waals surface area contributed by atoms with Crippen LogP contribution in [0, 0.1) is 0 Å². The monoisotopic (exact) mass is 261 g/mol. The van der Waals surface area contributed by atoms with Crippen molar-refractivity contribution in [2.45, 2.75) is 51.0 Å². The van der Waals surface area contributed by atoms with Gasteiger partial charge in [-0.05, 0) is 25.7 Å². The van der Waals surface area contributed by atoms with Crippen LogP contribution in [0.4, 0.5) is 0 Å². The Morgan fingerprint density at radius 1 is 1.36 bits per heavy atom. The summed E-state index contributed by atoms with van der Waals surface area (Å²) in [6.07, 6.45) is 7.85. The first-order valence-corrected chi connectivity index (χ1v) is 6.69. The number of rotatable bonds is 5. The van der Waals surface area contributed by atoms with Crippen molar-refractivity contribution < 1.29 is 4.79 Å². The smallest absolute Gasteiger partial charge is 0.222 e. The molecule has 1 aliphatic carbocycles. The number of amides is 1. The summed E-state index contributed by atoms with van der Waals surface area (Å²) in [6.45, 7) is 0. The number of carbonyl (C=O) groups is 1.